The Bertz CT molecular complexity index is 863. The summed E-state index contributed by atoms with van der Waals surface area (Å²) in [5.41, 5.74) is 3.18. The monoisotopic (exact) mass is 378 g/mol. The first-order chi connectivity index (χ1) is 12.4. The molecule has 7 nitrogen and oxygen atoms in total. The summed E-state index contributed by atoms with van der Waals surface area (Å²) in [6.07, 6.45) is 5.03. The molecule has 1 heterocycles. The first kappa shape index (κ1) is 19.0. The molecule has 2 aromatic rings. The van der Waals surface area contributed by atoms with Gasteiger partial charge in [0.2, 0.25) is 10.0 Å². The van der Waals surface area contributed by atoms with Gasteiger partial charge in [0, 0.05) is 44.5 Å². The second-order valence-electron chi connectivity index (χ2n) is 6.65. The third kappa shape index (κ3) is 3.68. The Hall–Kier alpha value is -1.74. The zero-order valence-corrected chi connectivity index (χ0v) is 16.0. The lowest BCUT2D eigenvalue weighted by Crippen LogP contribution is -2.31. The van der Waals surface area contributed by atoms with E-state index >= 15 is 0 Å². The molecule has 0 spiro atoms. The van der Waals surface area contributed by atoms with Crippen LogP contribution in [-0.4, -0.2) is 47.8 Å². The molecule has 0 saturated heterocycles. The van der Waals surface area contributed by atoms with Crippen molar-refractivity contribution in [3.05, 3.63) is 47.3 Å². The molecule has 0 aliphatic heterocycles. The van der Waals surface area contributed by atoms with Crippen molar-refractivity contribution < 1.29 is 13.5 Å². The maximum atomic E-state index is 12.8. The van der Waals surface area contributed by atoms with E-state index in [1.54, 1.807) is 12.1 Å². The molecule has 0 amide bonds. The zero-order chi connectivity index (χ0) is 18.7. The first-order valence-electron chi connectivity index (χ1n) is 8.84. The number of nitrogens with one attached hydrogen (secondary N) is 1. The highest BCUT2D eigenvalue weighted by Gasteiger charge is 2.26. The van der Waals surface area contributed by atoms with Gasteiger partial charge in [-0.05, 0) is 30.9 Å². The van der Waals surface area contributed by atoms with Crippen molar-refractivity contribution in [2.45, 2.75) is 36.7 Å². The molecule has 0 radical (unpaired) electrons. The predicted molar refractivity (Wildman–Crippen MR) is 99.1 cm³/mol. The summed E-state index contributed by atoms with van der Waals surface area (Å²) in [4.78, 5) is 0.283. The van der Waals surface area contributed by atoms with Crippen molar-refractivity contribution >= 4 is 10.0 Å². The number of benzene rings is 1. The fourth-order valence-electron chi connectivity index (χ4n) is 3.48. The molecular formula is C18H26N4O3S. The number of aryl methyl sites for hydroxylation is 1. The van der Waals surface area contributed by atoms with Crippen LogP contribution in [0, 0.1) is 0 Å². The normalized spacial score (nSPS) is 17.5. The van der Waals surface area contributed by atoms with Gasteiger partial charge in [0.15, 0.2) is 0 Å². The molecule has 0 bridgehead atoms. The Balaban J connectivity index is 1.80. The molecule has 1 aliphatic rings. The van der Waals surface area contributed by atoms with Gasteiger partial charge in [0.25, 0.3) is 0 Å². The fraction of sp³-hybridized carbons (Fsp3) is 0.500. The van der Waals surface area contributed by atoms with E-state index in [1.807, 2.05) is 30.1 Å². The minimum absolute atomic E-state index is 0.0752. The summed E-state index contributed by atoms with van der Waals surface area (Å²) in [5.74, 6) is 0. The second kappa shape index (κ2) is 7.87. The molecule has 142 valence electrons. The Kier molecular flexibility index (Phi) is 5.76. The SMILES string of the molecule is CN(CCO)S(=O)(=O)c1ccccc1CNC1CCCc2c1cnn2C. The van der Waals surface area contributed by atoms with Crippen molar-refractivity contribution in [3.63, 3.8) is 0 Å². The van der Waals surface area contributed by atoms with Gasteiger partial charge in [-0.2, -0.15) is 9.40 Å². The molecule has 3 rings (SSSR count). The van der Waals surface area contributed by atoms with Crippen LogP contribution >= 0.6 is 0 Å². The maximum absolute atomic E-state index is 12.8. The van der Waals surface area contributed by atoms with E-state index in [1.165, 1.54) is 22.6 Å². The van der Waals surface area contributed by atoms with Crippen molar-refractivity contribution in [1.82, 2.24) is 19.4 Å². The van der Waals surface area contributed by atoms with Crippen LogP contribution in [0.1, 0.15) is 35.7 Å². The number of aliphatic hydroxyl groups is 1. The summed E-state index contributed by atoms with van der Waals surface area (Å²) in [6, 6.07) is 7.20. The Morgan fingerprint density at radius 1 is 1.38 bits per heavy atom. The highest BCUT2D eigenvalue weighted by Crippen LogP contribution is 2.30. The van der Waals surface area contributed by atoms with Crippen molar-refractivity contribution in [3.8, 4) is 0 Å². The third-order valence-corrected chi connectivity index (χ3v) is 6.95. The van der Waals surface area contributed by atoms with Crippen LogP contribution in [0.5, 0.6) is 0 Å². The smallest absolute Gasteiger partial charge is 0.243 e. The lowest BCUT2D eigenvalue weighted by molar-refractivity contribution is 0.266. The molecule has 1 aliphatic carbocycles. The highest BCUT2D eigenvalue weighted by molar-refractivity contribution is 7.89. The van der Waals surface area contributed by atoms with E-state index in [0.29, 0.717) is 6.54 Å². The van der Waals surface area contributed by atoms with E-state index in [-0.39, 0.29) is 24.1 Å². The quantitative estimate of drug-likeness (QED) is 0.756. The average molecular weight is 378 g/mol. The van der Waals surface area contributed by atoms with Gasteiger partial charge in [-0.1, -0.05) is 18.2 Å². The van der Waals surface area contributed by atoms with Crippen molar-refractivity contribution in [2.24, 2.45) is 7.05 Å². The Labute approximate surface area is 154 Å². The molecule has 1 aromatic carbocycles. The van der Waals surface area contributed by atoms with E-state index < -0.39 is 10.0 Å². The van der Waals surface area contributed by atoms with Crippen LogP contribution < -0.4 is 5.32 Å². The lowest BCUT2D eigenvalue weighted by Gasteiger charge is -2.25. The number of sulfonamides is 1. The predicted octanol–water partition coefficient (Wildman–Crippen LogP) is 1.20. The number of aliphatic hydroxyl groups excluding tert-OH is 1. The van der Waals surface area contributed by atoms with Crippen LogP contribution in [0.4, 0.5) is 0 Å². The molecule has 1 aromatic heterocycles. The third-order valence-electron chi connectivity index (χ3n) is 4.99. The standard InChI is InChI=1S/C18H26N4O3S/c1-21(10-11-23)26(24,25)18-9-4-3-6-14(18)12-19-16-7-5-8-17-15(16)13-20-22(17)2/h3-4,6,9,13,16,19,23H,5,7-8,10-12H2,1-2H3. The van der Waals surface area contributed by atoms with Gasteiger partial charge in [-0.15, -0.1) is 0 Å². The van der Waals surface area contributed by atoms with Gasteiger partial charge < -0.3 is 10.4 Å². The van der Waals surface area contributed by atoms with Gasteiger partial charge >= 0.3 is 0 Å². The molecular weight excluding hydrogens is 352 g/mol. The van der Waals surface area contributed by atoms with E-state index in [9.17, 15) is 8.42 Å². The topological polar surface area (TPSA) is 87.5 Å². The Morgan fingerprint density at radius 3 is 2.92 bits per heavy atom. The zero-order valence-electron chi connectivity index (χ0n) is 15.2. The summed E-state index contributed by atoms with van der Waals surface area (Å²) in [5, 5.41) is 16.9. The molecule has 1 unspecified atom stereocenters. The van der Waals surface area contributed by atoms with Crippen LogP contribution in [0.25, 0.3) is 0 Å². The molecule has 2 N–H and O–H groups in total. The summed E-state index contributed by atoms with van der Waals surface area (Å²) in [7, 11) is -0.181. The number of fused-ring (bicyclic) bond motifs is 1. The summed E-state index contributed by atoms with van der Waals surface area (Å²) >= 11 is 0. The molecule has 0 saturated carbocycles. The van der Waals surface area contributed by atoms with Crippen molar-refractivity contribution in [2.75, 3.05) is 20.2 Å². The number of rotatable bonds is 7. The number of likely N-dealkylation sites (N-methyl/N-ethyl adjacent to an activating group) is 1. The number of hydrogen-bond donors (Lipinski definition) is 2. The van der Waals surface area contributed by atoms with Gasteiger partial charge in [0.1, 0.15) is 0 Å². The minimum Gasteiger partial charge on any atom is -0.395 e. The van der Waals surface area contributed by atoms with Gasteiger partial charge in [0.05, 0.1) is 17.7 Å². The van der Waals surface area contributed by atoms with E-state index in [0.717, 1.165) is 24.8 Å². The lowest BCUT2D eigenvalue weighted by atomic mass is 9.93. The highest BCUT2D eigenvalue weighted by atomic mass is 32.2. The number of nitrogens with zero attached hydrogens (tertiary/aromatic N) is 3. The van der Waals surface area contributed by atoms with Crippen LogP contribution in [0.3, 0.4) is 0 Å². The van der Waals surface area contributed by atoms with Crippen LogP contribution in [0.2, 0.25) is 0 Å². The number of hydrogen-bond acceptors (Lipinski definition) is 5. The minimum atomic E-state index is -3.62. The van der Waals surface area contributed by atoms with Crippen molar-refractivity contribution in [1.29, 1.82) is 0 Å². The molecule has 0 fully saturated rings. The first-order valence-corrected chi connectivity index (χ1v) is 10.3. The molecule has 1 atom stereocenters. The van der Waals surface area contributed by atoms with E-state index in [2.05, 4.69) is 10.4 Å². The second-order valence-corrected chi connectivity index (χ2v) is 8.67. The largest absolute Gasteiger partial charge is 0.395 e. The Morgan fingerprint density at radius 2 is 2.15 bits per heavy atom. The average Bonchev–Trinajstić information content (AvgIpc) is 3.02. The number of aromatic nitrogens is 2. The molecule has 8 heteroatoms. The van der Waals surface area contributed by atoms with Crippen LogP contribution in [0.15, 0.2) is 35.4 Å². The maximum Gasteiger partial charge on any atom is 0.243 e. The fourth-order valence-corrected chi connectivity index (χ4v) is 4.86. The van der Waals surface area contributed by atoms with Crippen LogP contribution in [-0.2, 0) is 30.0 Å². The van der Waals surface area contributed by atoms with E-state index in [4.69, 9.17) is 5.11 Å². The summed E-state index contributed by atoms with van der Waals surface area (Å²) in [6.45, 7) is 0.329. The summed E-state index contributed by atoms with van der Waals surface area (Å²) < 4.78 is 28.6. The van der Waals surface area contributed by atoms with Gasteiger partial charge in [-0.25, -0.2) is 8.42 Å². The van der Waals surface area contributed by atoms with Gasteiger partial charge in [-0.3, -0.25) is 4.68 Å². The molecule has 26 heavy (non-hydrogen) atoms.